The van der Waals surface area contributed by atoms with E-state index in [4.69, 9.17) is 24.4 Å². The Labute approximate surface area is 206 Å². The molecule has 0 aromatic heterocycles. The van der Waals surface area contributed by atoms with Crippen LogP contribution in [0.15, 0.2) is 47.5 Å². The molecule has 34 heavy (non-hydrogen) atoms. The third kappa shape index (κ3) is 3.61. The average molecular weight is 493 g/mol. The lowest BCUT2D eigenvalue weighted by Gasteiger charge is -2.32. The second kappa shape index (κ2) is 8.54. The van der Waals surface area contributed by atoms with Crippen molar-refractivity contribution in [2.75, 3.05) is 28.2 Å². The molecule has 2 aliphatic heterocycles. The summed E-state index contributed by atoms with van der Waals surface area (Å²) in [5.41, 5.74) is 1.26. The maximum absolute atomic E-state index is 12.7. The minimum absolute atomic E-state index is 0.00995. The number of hydrogen-bond acceptors (Lipinski definition) is 6. The van der Waals surface area contributed by atoms with Crippen LogP contribution in [0.2, 0.25) is 0 Å². The van der Waals surface area contributed by atoms with Crippen molar-refractivity contribution in [1.82, 2.24) is 19.6 Å². The molecule has 0 bridgehead atoms. The lowest BCUT2D eigenvalue weighted by atomic mass is 9.96. The van der Waals surface area contributed by atoms with Gasteiger partial charge in [-0.15, -0.1) is 0 Å². The van der Waals surface area contributed by atoms with E-state index in [1.54, 1.807) is 24.3 Å². The Balaban J connectivity index is 1.85. The van der Waals surface area contributed by atoms with E-state index in [1.807, 2.05) is 12.1 Å². The van der Waals surface area contributed by atoms with Gasteiger partial charge < -0.3 is 0 Å². The molecule has 0 atom stereocenters. The van der Waals surface area contributed by atoms with Gasteiger partial charge in [-0.3, -0.25) is 38.8 Å². The van der Waals surface area contributed by atoms with E-state index >= 15 is 0 Å². The maximum Gasteiger partial charge on any atom is 0.265 e. The summed E-state index contributed by atoms with van der Waals surface area (Å²) in [6.45, 7) is 0. The van der Waals surface area contributed by atoms with Crippen molar-refractivity contribution in [3.05, 3.63) is 58.7 Å². The van der Waals surface area contributed by atoms with E-state index < -0.39 is 23.6 Å². The Morgan fingerprint density at radius 1 is 0.559 bits per heavy atom. The van der Waals surface area contributed by atoms with Crippen LogP contribution in [0.25, 0.3) is 22.9 Å². The minimum atomic E-state index is -0.483. The molecular weight excluding hydrogens is 472 g/mol. The topological polar surface area (TPSA) is 81.2 Å². The first-order chi connectivity index (χ1) is 16.0. The van der Waals surface area contributed by atoms with Crippen molar-refractivity contribution in [3.63, 3.8) is 0 Å². The highest BCUT2D eigenvalue weighted by molar-refractivity contribution is 7.80. The molecule has 2 fully saturated rings. The standard InChI is InChI=1S/C24H20N4O4S2/c1-25-19(29)17(20(30)26(2)23(25)33)11-13-7-5-10-16-14(8-6-9-15(13)16)12-18-21(31)27(3)24(34)28(4)22(18)32/h5-12H,1-4H3. The molecule has 172 valence electrons. The van der Waals surface area contributed by atoms with Gasteiger partial charge in [0.15, 0.2) is 10.2 Å². The third-order valence-corrected chi connectivity index (χ3v) is 6.97. The number of amides is 4. The number of benzene rings is 2. The van der Waals surface area contributed by atoms with Crippen molar-refractivity contribution in [2.24, 2.45) is 0 Å². The molecule has 0 radical (unpaired) electrons. The minimum Gasteiger partial charge on any atom is -0.288 e. The predicted octanol–water partition coefficient (Wildman–Crippen LogP) is 2.04. The molecule has 4 rings (SSSR count). The molecule has 2 saturated heterocycles. The van der Waals surface area contributed by atoms with Gasteiger partial charge in [0.25, 0.3) is 23.6 Å². The zero-order valence-electron chi connectivity index (χ0n) is 18.9. The van der Waals surface area contributed by atoms with Crippen LogP contribution in [0.1, 0.15) is 11.1 Å². The first kappa shape index (κ1) is 23.4. The maximum atomic E-state index is 12.7. The first-order valence-corrected chi connectivity index (χ1v) is 11.0. The van der Waals surface area contributed by atoms with E-state index in [0.29, 0.717) is 11.1 Å². The van der Waals surface area contributed by atoms with E-state index in [-0.39, 0.29) is 21.4 Å². The van der Waals surface area contributed by atoms with Gasteiger partial charge in [-0.25, -0.2) is 0 Å². The van der Waals surface area contributed by atoms with Crippen LogP contribution in [-0.2, 0) is 19.2 Å². The number of carbonyl (C=O) groups is 4. The zero-order valence-corrected chi connectivity index (χ0v) is 20.5. The summed E-state index contributed by atoms with van der Waals surface area (Å²) in [7, 11) is 6.08. The smallest absolute Gasteiger partial charge is 0.265 e. The van der Waals surface area contributed by atoms with Gasteiger partial charge in [0.05, 0.1) is 0 Å². The summed E-state index contributed by atoms with van der Waals surface area (Å²) < 4.78 is 0. The summed E-state index contributed by atoms with van der Waals surface area (Å²) in [5.74, 6) is -1.93. The summed E-state index contributed by atoms with van der Waals surface area (Å²) in [6.07, 6.45) is 3.07. The molecule has 8 nitrogen and oxygen atoms in total. The molecule has 10 heteroatoms. The summed E-state index contributed by atoms with van der Waals surface area (Å²) in [4.78, 5) is 56.0. The molecular formula is C24H20N4O4S2. The fourth-order valence-corrected chi connectivity index (χ4v) is 4.20. The molecule has 0 aliphatic carbocycles. The number of fused-ring (bicyclic) bond motifs is 1. The fourth-order valence-electron chi connectivity index (χ4n) is 3.87. The molecule has 2 aliphatic rings. The van der Waals surface area contributed by atoms with Crippen LogP contribution in [-0.4, -0.2) is 81.6 Å². The van der Waals surface area contributed by atoms with Crippen molar-refractivity contribution in [2.45, 2.75) is 0 Å². The zero-order chi connectivity index (χ0) is 24.9. The first-order valence-electron chi connectivity index (χ1n) is 10.2. The molecule has 4 amide bonds. The van der Waals surface area contributed by atoms with Gasteiger partial charge in [-0.1, -0.05) is 36.4 Å². The number of nitrogens with zero attached hydrogens (tertiary/aromatic N) is 4. The van der Waals surface area contributed by atoms with Gasteiger partial charge in [0, 0.05) is 28.2 Å². The van der Waals surface area contributed by atoms with Crippen LogP contribution in [0.3, 0.4) is 0 Å². The highest BCUT2D eigenvalue weighted by atomic mass is 32.1. The van der Waals surface area contributed by atoms with Crippen molar-refractivity contribution in [1.29, 1.82) is 0 Å². The van der Waals surface area contributed by atoms with Crippen molar-refractivity contribution in [3.8, 4) is 0 Å². The molecule has 0 N–H and O–H groups in total. The Kier molecular flexibility index (Phi) is 5.88. The van der Waals surface area contributed by atoms with E-state index in [0.717, 1.165) is 10.8 Å². The summed E-state index contributed by atoms with van der Waals surface area (Å²) in [6, 6.07) is 10.8. The Bertz CT molecular complexity index is 1240. The lowest BCUT2D eigenvalue weighted by Crippen LogP contribution is -2.52. The quantitative estimate of drug-likeness (QED) is 0.363. The van der Waals surface area contributed by atoms with Gasteiger partial charge in [0.1, 0.15) is 11.1 Å². The van der Waals surface area contributed by atoms with E-state index in [9.17, 15) is 19.2 Å². The van der Waals surface area contributed by atoms with Gasteiger partial charge in [-0.2, -0.15) is 0 Å². The number of thiocarbonyl (C=S) groups is 2. The van der Waals surface area contributed by atoms with Crippen LogP contribution in [0, 0.1) is 0 Å². The highest BCUT2D eigenvalue weighted by Crippen LogP contribution is 2.28. The normalized spacial score (nSPS) is 17.4. The lowest BCUT2D eigenvalue weighted by molar-refractivity contribution is -0.133. The number of hydrogen-bond donors (Lipinski definition) is 0. The molecule has 2 heterocycles. The second-order valence-corrected chi connectivity index (χ2v) is 8.66. The van der Waals surface area contributed by atoms with Gasteiger partial charge in [-0.05, 0) is 58.5 Å². The van der Waals surface area contributed by atoms with E-state index in [1.165, 1.54) is 59.9 Å². The largest absolute Gasteiger partial charge is 0.288 e. The molecule has 0 saturated carbocycles. The Morgan fingerprint density at radius 2 is 0.853 bits per heavy atom. The van der Waals surface area contributed by atoms with Crippen LogP contribution >= 0.6 is 24.4 Å². The fraction of sp³-hybridized carbons (Fsp3) is 0.167. The number of carbonyl (C=O) groups excluding carboxylic acids is 4. The number of likely N-dealkylation sites (N-methyl/N-ethyl adjacent to an activating group) is 4. The van der Waals surface area contributed by atoms with Crippen molar-refractivity contribution >= 4 is 81.2 Å². The van der Waals surface area contributed by atoms with Gasteiger partial charge in [0.2, 0.25) is 0 Å². The third-order valence-electron chi connectivity index (χ3n) is 5.88. The monoisotopic (exact) mass is 492 g/mol. The predicted molar refractivity (Wildman–Crippen MR) is 136 cm³/mol. The van der Waals surface area contributed by atoms with Crippen LogP contribution in [0.5, 0.6) is 0 Å². The SMILES string of the molecule is CN1C(=O)C(=Cc2cccc3c(C=C4C(=O)N(C)C(=S)N(C)C4=O)cccc23)C(=O)N(C)C1=S. The Morgan fingerprint density at radius 3 is 1.15 bits per heavy atom. The highest BCUT2D eigenvalue weighted by Gasteiger charge is 2.36. The van der Waals surface area contributed by atoms with Crippen LogP contribution in [0.4, 0.5) is 0 Å². The molecule has 0 unspecified atom stereocenters. The average Bonchev–Trinajstić information content (AvgIpc) is 2.84. The van der Waals surface area contributed by atoms with E-state index in [2.05, 4.69) is 0 Å². The molecule has 0 spiro atoms. The number of rotatable bonds is 2. The Hall–Kier alpha value is -3.76. The van der Waals surface area contributed by atoms with Gasteiger partial charge >= 0.3 is 0 Å². The second-order valence-electron chi connectivity index (χ2n) is 7.93. The summed E-state index contributed by atoms with van der Waals surface area (Å²) in [5, 5.41) is 1.76. The van der Waals surface area contributed by atoms with Crippen molar-refractivity contribution < 1.29 is 19.2 Å². The molecule has 2 aromatic carbocycles. The molecule has 2 aromatic rings. The van der Waals surface area contributed by atoms with Crippen LogP contribution < -0.4 is 0 Å². The summed E-state index contributed by atoms with van der Waals surface area (Å²) >= 11 is 10.3.